The molecule has 0 aliphatic carbocycles. The molecule has 0 saturated carbocycles. The van der Waals surface area contributed by atoms with Crippen molar-refractivity contribution in [2.75, 3.05) is 17.7 Å². The quantitative estimate of drug-likeness (QED) is 0.517. The SMILES string of the molecule is CSc1cc2c(cc1CO)cc1n2CCN(c2ncc(C(=O)O)c(C(F)(F)F)n2)C1C(C)C. The molecule has 2 N–H and O–H groups in total. The van der Waals surface area contributed by atoms with Gasteiger partial charge in [-0.1, -0.05) is 13.8 Å². The Hall–Kier alpha value is -2.79. The number of aromatic nitrogens is 3. The van der Waals surface area contributed by atoms with E-state index >= 15 is 0 Å². The first-order valence-corrected chi connectivity index (χ1v) is 11.5. The van der Waals surface area contributed by atoms with Crippen molar-refractivity contribution in [2.24, 2.45) is 5.92 Å². The van der Waals surface area contributed by atoms with Crippen LogP contribution in [0.15, 0.2) is 29.3 Å². The van der Waals surface area contributed by atoms with Gasteiger partial charge in [-0.2, -0.15) is 13.2 Å². The van der Waals surface area contributed by atoms with E-state index in [1.54, 1.807) is 16.7 Å². The van der Waals surface area contributed by atoms with Crippen LogP contribution in [0.25, 0.3) is 10.9 Å². The highest BCUT2D eigenvalue weighted by Crippen LogP contribution is 2.40. The van der Waals surface area contributed by atoms with Crippen molar-refractivity contribution in [3.05, 3.63) is 46.9 Å². The maximum absolute atomic E-state index is 13.5. The molecular weight excluding hydrogens is 457 g/mol. The number of fused-ring (bicyclic) bond motifs is 3. The minimum atomic E-state index is -4.92. The number of hydrogen-bond acceptors (Lipinski definition) is 6. The van der Waals surface area contributed by atoms with E-state index in [0.717, 1.165) is 33.3 Å². The van der Waals surface area contributed by atoms with Crippen molar-refractivity contribution in [3.8, 4) is 0 Å². The second-order valence-electron chi connectivity index (χ2n) is 8.22. The fourth-order valence-corrected chi connectivity index (χ4v) is 5.10. The van der Waals surface area contributed by atoms with E-state index in [9.17, 15) is 23.1 Å². The maximum Gasteiger partial charge on any atom is 0.434 e. The lowest BCUT2D eigenvalue weighted by molar-refractivity contribution is -0.141. The molecule has 1 aliphatic rings. The van der Waals surface area contributed by atoms with Gasteiger partial charge in [0.15, 0.2) is 5.69 Å². The Morgan fingerprint density at radius 3 is 2.58 bits per heavy atom. The minimum Gasteiger partial charge on any atom is -0.478 e. The van der Waals surface area contributed by atoms with Gasteiger partial charge in [-0.25, -0.2) is 14.8 Å². The Bertz CT molecular complexity index is 1230. The van der Waals surface area contributed by atoms with E-state index in [4.69, 9.17) is 5.11 Å². The van der Waals surface area contributed by atoms with Crippen LogP contribution in [0.1, 0.15) is 47.2 Å². The van der Waals surface area contributed by atoms with Crippen molar-refractivity contribution in [2.45, 2.75) is 44.1 Å². The van der Waals surface area contributed by atoms with Crippen molar-refractivity contribution < 1.29 is 28.2 Å². The van der Waals surface area contributed by atoms with Gasteiger partial charge in [-0.15, -0.1) is 11.8 Å². The van der Waals surface area contributed by atoms with Gasteiger partial charge in [-0.05, 0) is 35.9 Å². The first-order valence-electron chi connectivity index (χ1n) is 10.3. The van der Waals surface area contributed by atoms with E-state index in [1.165, 1.54) is 0 Å². The highest BCUT2D eigenvalue weighted by Gasteiger charge is 2.40. The van der Waals surface area contributed by atoms with Gasteiger partial charge in [0.2, 0.25) is 5.95 Å². The third-order valence-corrected chi connectivity index (χ3v) is 6.69. The lowest BCUT2D eigenvalue weighted by atomic mass is 9.97. The molecule has 3 heterocycles. The topological polar surface area (TPSA) is 91.5 Å². The van der Waals surface area contributed by atoms with Gasteiger partial charge in [0.05, 0.1) is 12.6 Å². The van der Waals surface area contributed by atoms with Gasteiger partial charge < -0.3 is 19.7 Å². The number of rotatable bonds is 5. The summed E-state index contributed by atoms with van der Waals surface area (Å²) in [6.45, 7) is 4.71. The molecule has 2 aromatic heterocycles. The highest BCUT2D eigenvalue weighted by molar-refractivity contribution is 7.98. The summed E-state index contributed by atoms with van der Waals surface area (Å²) in [7, 11) is 0. The molecule has 11 heteroatoms. The van der Waals surface area contributed by atoms with Crippen LogP contribution in [-0.2, 0) is 19.3 Å². The van der Waals surface area contributed by atoms with Crippen LogP contribution in [0.2, 0.25) is 0 Å². The summed E-state index contributed by atoms with van der Waals surface area (Å²) in [5, 5.41) is 19.8. The van der Waals surface area contributed by atoms with E-state index in [0.29, 0.717) is 13.1 Å². The average molecular weight is 481 g/mol. The summed E-state index contributed by atoms with van der Waals surface area (Å²) in [5.74, 6) is -1.87. The minimum absolute atomic E-state index is 0.00258. The van der Waals surface area contributed by atoms with Crippen LogP contribution in [0.5, 0.6) is 0 Å². The zero-order valence-corrected chi connectivity index (χ0v) is 19.0. The van der Waals surface area contributed by atoms with Crippen LogP contribution in [0, 0.1) is 5.92 Å². The number of alkyl halides is 3. The lowest BCUT2D eigenvalue weighted by Gasteiger charge is -2.39. The molecule has 0 saturated heterocycles. The van der Waals surface area contributed by atoms with Crippen LogP contribution in [0.4, 0.5) is 19.1 Å². The summed E-state index contributed by atoms with van der Waals surface area (Å²) in [6.07, 6.45) is -2.25. The van der Waals surface area contributed by atoms with Crippen molar-refractivity contribution in [1.29, 1.82) is 0 Å². The first kappa shape index (κ1) is 23.4. The molecule has 4 rings (SSSR count). The molecule has 0 radical (unpaired) electrons. The number of benzene rings is 1. The lowest BCUT2D eigenvalue weighted by Crippen LogP contribution is -2.41. The molecule has 0 bridgehead atoms. The third kappa shape index (κ3) is 4.04. The third-order valence-electron chi connectivity index (χ3n) is 5.87. The molecule has 1 aromatic carbocycles. The molecular formula is C22H23F3N4O3S. The molecule has 176 valence electrons. The predicted octanol–water partition coefficient (Wildman–Crippen LogP) is 4.58. The maximum atomic E-state index is 13.5. The molecule has 0 spiro atoms. The molecule has 7 nitrogen and oxygen atoms in total. The second kappa shape index (κ2) is 8.53. The Labute approximate surface area is 192 Å². The monoisotopic (exact) mass is 480 g/mol. The van der Waals surface area contributed by atoms with E-state index in [2.05, 4.69) is 14.5 Å². The highest BCUT2D eigenvalue weighted by atomic mass is 32.2. The number of anilines is 1. The smallest absolute Gasteiger partial charge is 0.434 e. The molecule has 1 atom stereocenters. The Balaban J connectivity index is 1.85. The summed E-state index contributed by atoms with van der Waals surface area (Å²) < 4.78 is 42.7. The second-order valence-corrected chi connectivity index (χ2v) is 9.07. The normalized spacial score (nSPS) is 16.5. The predicted molar refractivity (Wildman–Crippen MR) is 119 cm³/mol. The van der Waals surface area contributed by atoms with Crippen LogP contribution in [0.3, 0.4) is 0 Å². The van der Waals surface area contributed by atoms with Crippen LogP contribution in [-0.4, -0.2) is 43.5 Å². The number of carboxylic acids is 1. The molecule has 3 aromatic rings. The molecule has 1 unspecified atom stereocenters. The van der Waals surface area contributed by atoms with E-state index in [-0.39, 0.29) is 24.5 Å². The fourth-order valence-electron chi connectivity index (χ4n) is 4.48. The fraction of sp³-hybridized carbons (Fsp3) is 0.409. The van der Waals surface area contributed by atoms with Crippen molar-refractivity contribution in [1.82, 2.24) is 14.5 Å². The Kier molecular flexibility index (Phi) is 6.04. The molecule has 0 amide bonds. The van der Waals surface area contributed by atoms with E-state index < -0.39 is 23.4 Å². The zero-order chi connectivity index (χ0) is 24.1. The summed E-state index contributed by atoms with van der Waals surface area (Å²) >= 11 is 1.54. The van der Waals surface area contributed by atoms with Gasteiger partial charge in [0, 0.05) is 40.8 Å². The van der Waals surface area contributed by atoms with Gasteiger partial charge in [-0.3, -0.25) is 0 Å². The number of aromatic carboxylic acids is 1. The molecule has 0 fully saturated rings. The van der Waals surface area contributed by atoms with Crippen LogP contribution >= 0.6 is 11.8 Å². The summed E-state index contributed by atoms with van der Waals surface area (Å²) in [5.41, 5.74) is 0.298. The Morgan fingerprint density at radius 2 is 2.00 bits per heavy atom. The zero-order valence-electron chi connectivity index (χ0n) is 18.2. The number of carboxylic acid groups (broad SMARTS) is 1. The van der Waals surface area contributed by atoms with Gasteiger partial charge >= 0.3 is 12.1 Å². The van der Waals surface area contributed by atoms with Gasteiger partial charge in [0.1, 0.15) is 5.56 Å². The van der Waals surface area contributed by atoms with Crippen molar-refractivity contribution in [3.63, 3.8) is 0 Å². The number of aliphatic hydroxyl groups excluding tert-OH is 1. The number of nitrogens with zero attached hydrogens (tertiary/aromatic N) is 4. The van der Waals surface area contributed by atoms with Crippen molar-refractivity contribution >= 4 is 34.6 Å². The van der Waals surface area contributed by atoms with Gasteiger partial charge in [0.25, 0.3) is 0 Å². The van der Waals surface area contributed by atoms with Crippen LogP contribution < -0.4 is 4.90 Å². The number of aliphatic hydroxyl groups is 1. The number of carbonyl (C=O) groups is 1. The largest absolute Gasteiger partial charge is 0.478 e. The number of thioether (sulfide) groups is 1. The average Bonchev–Trinajstić information content (AvgIpc) is 3.13. The molecule has 33 heavy (non-hydrogen) atoms. The standard InChI is InChI=1S/C22H23F3N4O3S/c1-11(2)18-16-7-12-6-13(10-30)17(33-3)8-15(12)28(16)4-5-29(18)21-26-9-14(20(31)32)19(27-21)22(23,24)25/h6-9,11,18,30H,4-5,10H2,1-3H3,(H,31,32). The number of halogens is 3. The summed E-state index contributed by atoms with van der Waals surface area (Å²) in [6, 6.07) is 5.64. The Morgan fingerprint density at radius 1 is 1.27 bits per heavy atom. The number of hydrogen-bond donors (Lipinski definition) is 2. The first-order chi connectivity index (χ1) is 15.6. The summed E-state index contributed by atoms with van der Waals surface area (Å²) in [4.78, 5) is 21.6. The van der Waals surface area contributed by atoms with E-state index in [1.807, 2.05) is 38.3 Å². The molecule has 1 aliphatic heterocycles.